The fourth-order valence-corrected chi connectivity index (χ4v) is 2.94. The molecule has 0 aliphatic rings. The smallest absolute Gasteiger partial charge is 0.233 e. The number of hydrogen-bond acceptors (Lipinski definition) is 5. The zero-order valence-electron chi connectivity index (χ0n) is 13.4. The Labute approximate surface area is 140 Å². The molecule has 2 aromatic heterocycles. The normalized spacial score (nSPS) is 11.9. The predicted molar refractivity (Wildman–Crippen MR) is 92.1 cm³/mol. The van der Waals surface area contributed by atoms with E-state index in [1.807, 2.05) is 19.1 Å². The van der Waals surface area contributed by atoms with Crippen LogP contribution < -0.4 is 5.32 Å². The van der Waals surface area contributed by atoms with E-state index in [2.05, 4.69) is 38.6 Å². The number of aromatic nitrogens is 4. The highest BCUT2D eigenvalue weighted by molar-refractivity contribution is 8.00. The second-order valence-electron chi connectivity index (χ2n) is 4.99. The molecule has 1 N–H and O–H groups in total. The van der Waals surface area contributed by atoms with Gasteiger partial charge in [-0.25, -0.2) is 0 Å². The van der Waals surface area contributed by atoms with E-state index in [0.29, 0.717) is 6.54 Å². The standard InChI is InChI=1S/C16H21N5OS/c1-4-8-18-15(22)12(3)23-16-20-19-14(21(16)11-5-2)13-6-9-17-10-7-13/h4,6-7,9-10,12H,1,5,8,11H2,2-3H3,(H,18,22)/t12-/m1/s1. The van der Waals surface area contributed by atoms with Crippen LogP contribution >= 0.6 is 11.8 Å². The van der Waals surface area contributed by atoms with Crippen LogP contribution in [0.25, 0.3) is 11.4 Å². The van der Waals surface area contributed by atoms with Gasteiger partial charge in [0.05, 0.1) is 5.25 Å². The molecule has 0 bridgehead atoms. The molecule has 0 saturated heterocycles. The Morgan fingerprint density at radius 1 is 1.43 bits per heavy atom. The highest BCUT2D eigenvalue weighted by Crippen LogP contribution is 2.26. The van der Waals surface area contributed by atoms with Gasteiger partial charge in [0.25, 0.3) is 0 Å². The summed E-state index contributed by atoms with van der Waals surface area (Å²) in [6.07, 6.45) is 6.09. The van der Waals surface area contributed by atoms with E-state index in [-0.39, 0.29) is 11.2 Å². The molecule has 0 radical (unpaired) electrons. The molecule has 0 fully saturated rings. The van der Waals surface area contributed by atoms with Crippen LogP contribution in [0.5, 0.6) is 0 Å². The first kappa shape index (κ1) is 17.2. The van der Waals surface area contributed by atoms with Crippen molar-refractivity contribution in [2.24, 2.45) is 0 Å². The molecule has 2 heterocycles. The van der Waals surface area contributed by atoms with Gasteiger partial charge in [0.2, 0.25) is 5.91 Å². The van der Waals surface area contributed by atoms with Crippen molar-refractivity contribution >= 4 is 17.7 Å². The van der Waals surface area contributed by atoms with E-state index < -0.39 is 0 Å². The monoisotopic (exact) mass is 331 g/mol. The number of nitrogens with zero attached hydrogens (tertiary/aromatic N) is 4. The Balaban J connectivity index is 2.21. The average molecular weight is 331 g/mol. The van der Waals surface area contributed by atoms with Crippen LogP contribution in [0.1, 0.15) is 20.3 Å². The van der Waals surface area contributed by atoms with Crippen molar-refractivity contribution in [3.05, 3.63) is 37.2 Å². The van der Waals surface area contributed by atoms with Crippen LogP contribution in [0.4, 0.5) is 0 Å². The van der Waals surface area contributed by atoms with Crippen molar-refractivity contribution in [1.82, 2.24) is 25.1 Å². The van der Waals surface area contributed by atoms with Gasteiger partial charge < -0.3 is 9.88 Å². The SMILES string of the molecule is C=CCNC(=O)[C@@H](C)Sc1nnc(-c2ccncc2)n1CCC. The minimum atomic E-state index is -0.250. The summed E-state index contributed by atoms with van der Waals surface area (Å²) in [5, 5.41) is 11.9. The summed E-state index contributed by atoms with van der Waals surface area (Å²) in [6, 6.07) is 3.82. The Morgan fingerprint density at radius 2 is 2.17 bits per heavy atom. The molecule has 2 rings (SSSR count). The van der Waals surface area contributed by atoms with Gasteiger partial charge in [-0.1, -0.05) is 24.8 Å². The first-order chi connectivity index (χ1) is 11.2. The number of carbonyl (C=O) groups excluding carboxylic acids is 1. The maximum atomic E-state index is 12.0. The van der Waals surface area contributed by atoms with Crippen LogP contribution in [0.15, 0.2) is 42.3 Å². The fourth-order valence-electron chi connectivity index (χ4n) is 2.04. The Morgan fingerprint density at radius 3 is 2.83 bits per heavy atom. The zero-order valence-corrected chi connectivity index (χ0v) is 14.2. The summed E-state index contributed by atoms with van der Waals surface area (Å²) < 4.78 is 2.05. The molecule has 0 saturated carbocycles. The van der Waals surface area contributed by atoms with Crippen LogP contribution in [0.2, 0.25) is 0 Å². The van der Waals surface area contributed by atoms with Gasteiger partial charge in [0, 0.05) is 31.0 Å². The van der Waals surface area contributed by atoms with E-state index in [0.717, 1.165) is 29.5 Å². The molecule has 0 aliphatic carbocycles. The van der Waals surface area contributed by atoms with Gasteiger partial charge in [0.1, 0.15) is 0 Å². The molecule has 23 heavy (non-hydrogen) atoms. The number of rotatable bonds is 8. The van der Waals surface area contributed by atoms with Gasteiger partial charge >= 0.3 is 0 Å². The average Bonchev–Trinajstić information content (AvgIpc) is 2.96. The lowest BCUT2D eigenvalue weighted by molar-refractivity contribution is -0.120. The van der Waals surface area contributed by atoms with Crippen molar-refractivity contribution in [2.45, 2.75) is 37.2 Å². The number of nitrogens with one attached hydrogen (secondary N) is 1. The zero-order chi connectivity index (χ0) is 16.7. The molecule has 0 aliphatic heterocycles. The van der Waals surface area contributed by atoms with Gasteiger partial charge in [-0.3, -0.25) is 9.78 Å². The predicted octanol–water partition coefficient (Wildman–Crippen LogP) is 2.53. The highest BCUT2D eigenvalue weighted by atomic mass is 32.2. The second kappa shape index (κ2) is 8.47. The number of pyridine rings is 1. The molecule has 7 heteroatoms. The quantitative estimate of drug-likeness (QED) is 0.594. The molecule has 1 amide bonds. The third-order valence-corrected chi connectivity index (χ3v) is 4.26. The summed E-state index contributed by atoms with van der Waals surface area (Å²) in [5.41, 5.74) is 0.969. The Hall–Kier alpha value is -2.15. The molecule has 122 valence electrons. The van der Waals surface area contributed by atoms with E-state index in [4.69, 9.17) is 0 Å². The maximum Gasteiger partial charge on any atom is 0.233 e. The minimum absolute atomic E-state index is 0.0357. The van der Waals surface area contributed by atoms with Crippen LogP contribution in [0.3, 0.4) is 0 Å². The number of amides is 1. The molecule has 1 atom stereocenters. The molecule has 0 spiro atoms. The van der Waals surface area contributed by atoms with Crippen LogP contribution in [0, 0.1) is 0 Å². The highest BCUT2D eigenvalue weighted by Gasteiger charge is 2.20. The first-order valence-corrected chi connectivity index (χ1v) is 8.44. The number of carbonyl (C=O) groups is 1. The van der Waals surface area contributed by atoms with Crippen molar-refractivity contribution < 1.29 is 4.79 Å². The molecule has 6 nitrogen and oxygen atoms in total. The van der Waals surface area contributed by atoms with E-state index >= 15 is 0 Å². The Kier molecular flexibility index (Phi) is 6.34. The van der Waals surface area contributed by atoms with E-state index in [1.165, 1.54) is 11.8 Å². The molecule has 2 aromatic rings. The van der Waals surface area contributed by atoms with Gasteiger partial charge in [-0.05, 0) is 25.5 Å². The fraction of sp³-hybridized carbons (Fsp3) is 0.375. The third-order valence-electron chi connectivity index (χ3n) is 3.17. The van der Waals surface area contributed by atoms with Gasteiger partial charge in [-0.15, -0.1) is 16.8 Å². The largest absolute Gasteiger partial charge is 0.352 e. The van der Waals surface area contributed by atoms with Crippen molar-refractivity contribution in [2.75, 3.05) is 6.54 Å². The third kappa shape index (κ3) is 4.41. The first-order valence-electron chi connectivity index (χ1n) is 7.56. The number of thioether (sulfide) groups is 1. The summed E-state index contributed by atoms with van der Waals surface area (Å²) >= 11 is 1.41. The van der Waals surface area contributed by atoms with E-state index in [9.17, 15) is 4.79 Å². The maximum absolute atomic E-state index is 12.0. The second-order valence-corrected chi connectivity index (χ2v) is 6.30. The van der Waals surface area contributed by atoms with Gasteiger partial charge in [0.15, 0.2) is 11.0 Å². The molecular formula is C16H21N5OS. The van der Waals surface area contributed by atoms with Crippen molar-refractivity contribution in [3.8, 4) is 11.4 Å². The summed E-state index contributed by atoms with van der Waals surface area (Å²) in [6.45, 7) is 8.83. The summed E-state index contributed by atoms with van der Waals surface area (Å²) in [5.74, 6) is 0.766. The summed E-state index contributed by atoms with van der Waals surface area (Å²) in [7, 11) is 0. The van der Waals surface area contributed by atoms with Crippen LogP contribution in [-0.4, -0.2) is 37.5 Å². The lowest BCUT2D eigenvalue weighted by Crippen LogP contribution is -2.31. The number of hydrogen-bond donors (Lipinski definition) is 1. The lowest BCUT2D eigenvalue weighted by atomic mass is 10.2. The minimum Gasteiger partial charge on any atom is -0.352 e. The molecule has 0 aromatic carbocycles. The Bertz CT molecular complexity index is 656. The van der Waals surface area contributed by atoms with E-state index in [1.54, 1.807) is 18.5 Å². The topological polar surface area (TPSA) is 72.7 Å². The molecule has 0 unspecified atom stereocenters. The van der Waals surface area contributed by atoms with Crippen molar-refractivity contribution in [1.29, 1.82) is 0 Å². The van der Waals surface area contributed by atoms with Crippen molar-refractivity contribution in [3.63, 3.8) is 0 Å². The van der Waals surface area contributed by atoms with Gasteiger partial charge in [-0.2, -0.15) is 0 Å². The summed E-state index contributed by atoms with van der Waals surface area (Å²) in [4.78, 5) is 16.0. The lowest BCUT2D eigenvalue weighted by Gasteiger charge is -2.12. The van der Waals surface area contributed by atoms with Crippen LogP contribution in [-0.2, 0) is 11.3 Å². The molecular weight excluding hydrogens is 310 g/mol.